The fraction of sp³-hybridized carbons (Fsp3) is 0.423. The Balaban J connectivity index is 1.45. The van der Waals surface area contributed by atoms with Gasteiger partial charge in [0, 0.05) is 41.0 Å². The molecule has 1 amide bonds. The number of methoxy groups -OCH3 is 1. The number of hydrogen-bond acceptors (Lipinski definition) is 2. The predicted molar refractivity (Wildman–Crippen MR) is 118 cm³/mol. The number of aromatic nitrogens is 1. The van der Waals surface area contributed by atoms with Gasteiger partial charge in [0.2, 0.25) is 5.91 Å². The van der Waals surface area contributed by atoms with Gasteiger partial charge in [0.15, 0.2) is 0 Å². The number of likely N-dealkylation sites (tertiary alicyclic amines) is 1. The van der Waals surface area contributed by atoms with Gasteiger partial charge >= 0.3 is 0 Å². The van der Waals surface area contributed by atoms with E-state index in [2.05, 4.69) is 52.3 Å². The summed E-state index contributed by atoms with van der Waals surface area (Å²) in [6.07, 6.45) is 5.19. The van der Waals surface area contributed by atoms with Crippen LogP contribution in [0.4, 0.5) is 0 Å². The van der Waals surface area contributed by atoms with Gasteiger partial charge in [-0.3, -0.25) is 4.79 Å². The van der Waals surface area contributed by atoms with E-state index in [9.17, 15) is 4.79 Å². The molecule has 1 N–H and O–H groups in total. The largest absolute Gasteiger partial charge is 0.497 e. The van der Waals surface area contributed by atoms with Crippen LogP contribution in [0, 0.1) is 11.8 Å². The van der Waals surface area contributed by atoms with Crippen molar-refractivity contribution in [1.29, 1.82) is 0 Å². The van der Waals surface area contributed by atoms with Crippen LogP contribution in [0.1, 0.15) is 36.1 Å². The Morgan fingerprint density at radius 1 is 1.17 bits per heavy atom. The van der Waals surface area contributed by atoms with E-state index in [-0.39, 0.29) is 5.41 Å². The minimum absolute atomic E-state index is 0.0444. The fourth-order valence-corrected chi connectivity index (χ4v) is 5.97. The molecule has 1 saturated carbocycles. The lowest BCUT2D eigenvalue weighted by atomic mass is 9.58. The highest BCUT2D eigenvalue weighted by Crippen LogP contribution is 2.50. The summed E-state index contributed by atoms with van der Waals surface area (Å²) >= 11 is 0. The summed E-state index contributed by atoms with van der Waals surface area (Å²) in [6, 6.07) is 17.3. The summed E-state index contributed by atoms with van der Waals surface area (Å²) in [5.74, 6) is 2.02. The first-order valence-electron chi connectivity index (χ1n) is 11.2. The third-order valence-electron chi connectivity index (χ3n) is 7.78. The van der Waals surface area contributed by atoms with Crippen molar-refractivity contribution in [2.45, 2.75) is 37.5 Å². The third kappa shape index (κ3) is 2.69. The fourth-order valence-electron chi connectivity index (χ4n) is 5.97. The molecule has 0 radical (unpaired) electrons. The Morgan fingerprint density at radius 2 is 2.03 bits per heavy atom. The number of hydrogen-bond donors (Lipinski definition) is 1. The molecular weight excluding hydrogens is 372 g/mol. The number of carbonyl (C=O) groups is 1. The number of benzene rings is 2. The summed E-state index contributed by atoms with van der Waals surface area (Å²) in [6.45, 7) is 1.73. The highest BCUT2D eigenvalue weighted by Gasteiger charge is 2.49. The van der Waals surface area contributed by atoms with Gasteiger partial charge in [-0.15, -0.1) is 0 Å². The molecule has 2 heterocycles. The van der Waals surface area contributed by atoms with E-state index in [1.54, 1.807) is 7.11 Å². The maximum atomic E-state index is 12.9. The molecule has 2 aromatic carbocycles. The zero-order valence-electron chi connectivity index (χ0n) is 17.5. The Morgan fingerprint density at radius 3 is 2.87 bits per heavy atom. The first-order valence-corrected chi connectivity index (χ1v) is 11.2. The topological polar surface area (TPSA) is 45.3 Å². The van der Waals surface area contributed by atoms with Crippen LogP contribution in [-0.2, 0) is 23.1 Å². The highest BCUT2D eigenvalue weighted by molar-refractivity contribution is 5.85. The van der Waals surface area contributed by atoms with Gasteiger partial charge in [-0.1, -0.05) is 30.3 Å². The number of amides is 1. The number of fused-ring (bicyclic) bond motifs is 4. The lowest BCUT2D eigenvalue weighted by Gasteiger charge is -2.51. The molecule has 2 atom stereocenters. The first-order chi connectivity index (χ1) is 14.7. The molecule has 1 aliphatic heterocycles. The maximum absolute atomic E-state index is 12.9. The van der Waals surface area contributed by atoms with Gasteiger partial charge in [-0.05, 0) is 67.3 Å². The highest BCUT2D eigenvalue weighted by atomic mass is 16.5. The Kier molecular flexibility index (Phi) is 3.99. The van der Waals surface area contributed by atoms with Gasteiger partial charge in [-0.25, -0.2) is 0 Å². The van der Waals surface area contributed by atoms with Crippen LogP contribution in [0.15, 0.2) is 48.5 Å². The van der Waals surface area contributed by atoms with Gasteiger partial charge in [-0.2, -0.15) is 0 Å². The first kappa shape index (κ1) is 18.1. The lowest BCUT2D eigenvalue weighted by Crippen LogP contribution is -2.55. The number of carbonyl (C=O) groups excluding carboxylic acids is 1. The Labute approximate surface area is 177 Å². The van der Waals surface area contributed by atoms with Crippen LogP contribution in [0.5, 0.6) is 5.75 Å². The summed E-state index contributed by atoms with van der Waals surface area (Å²) in [7, 11) is 1.74. The van der Waals surface area contributed by atoms with Crippen LogP contribution in [0.3, 0.4) is 0 Å². The normalized spacial score (nSPS) is 25.6. The monoisotopic (exact) mass is 400 g/mol. The minimum atomic E-state index is 0.0444. The van der Waals surface area contributed by atoms with Crippen LogP contribution in [0.2, 0.25) is 0 Å². The molecule has 6 rings (SSSR count). The molecule has 4 heteroatoms. The Hall–Kier alpha value is -2.75. The van der Waals surface area contributed by atoms with Crippen molar-refractivity contribution in [2.75, 3.05) is 20.2 Å². The van der Waals surface area contributed by atoms with Crippen molar-refractivity contribution in [2.24, 2.45) is 11.8 Å². The van der Waals surface area contributed by atoms with Crippen LogP contribution in [0.25, 0.3) is 10.9 Å². The molecule has 2 aliphatic carbocycles. The van der Waals surface area contributed by atoms with Crippen molar-refractivity contribution in [3.05, 3.63) is 65.4 Å². The van der Waals surface area contributed by atoms with E-state index in [1.807, 2.05) is 6.07 Å². The molecule has 3 aliphatic rings. The molecule has 4 nitrogen and oxygen atoms in total. The number of nitrogens with one attached hydrogen (secondary N) is 1. The van der Waals surface area contributed by atoms with Crippen molar-refractivity contribution in [3.8, 4) is 5.75 Å². The smallest absolute Gasteiger partial charge is 0.225 e. The van der Waals surface area contributed by atoms with Crippen LogP contribution < -0.4 is 4.74 Å². The van der Waals surface area contributed by atoms with E-state index in [0.29, 0.717) is 17.7 Å². The lowest BCUT2D eigenvalue weighted by molar-refractivity contribution is -0.135. The quantitative estimate of drug-likeness (QED) is 0.705. The second kappa shape index (κ2) is 6.63. The number of nitrogens with zero attached hydrogens (tertiary/aromatic N) is 1. The molecule has 3 aromatic rings. The standard InChI is InChI=1S/C26H28N2O2/c1-30-20-6-4-5-18(13-20)26-11-12-28(25(29)17-9-10-17)16-19(26)14-22-21-7-2-3-8-23(21)27-24(22)15-26/h2-8,13,17,19,27H,9-12,14-16H2,1H3. The van der Waals surface area contributed by atoms with Crippen LogP contribution in [-0.4, -0.2) is 36.0 Å². The van der Waals surface area contributed by atoms with E-state index >= 15 is 0 Å². The molecule has 1 aromatic heterocycles. The maximum Gasteiger partial charge on any atom is 0.225 e. The van der Waals surface area contributed by atoms with Gasteiger partial charge in [0.1, 0.15) is 5.75 Å². The molecule has 0 spiro atoms. The molecule has 2 unspecified atom stereocenters. The number of aromatic amines is 1. The van der Waals surface area contributed by atoms with Crippen molar-refractivity contribution >= 4 is 16.8 Å². The molecule has 1 saturated heterocycles. The summed E-state index contributed by atoms with van der Waals surface area (Å²) in [5, 5.41) is 1.34. The number of para-hydroxylation sites is 1. The predicted octanol–water partition coefficient (Wildman–Crippen LogP) is 4.47. The SMILES string of the molecule is COc1cccc(C23CCN(C(=O)C4CC4)CC2Cc2c([nH]c4ccccc24)C3)c1. The van der Waals surface area contributed by atoms with Gasteiger partial charge in [0.05, 0.1) is 7.11 Å². The molecule has 30 heavy (non-hydrogen) atoms. The molecule has 0 bridgehead atoms. The van der Waals surface area contributed by atoms with Gasteiger partial charge in [0.25, 0.3) is 0 Å². The average Bonchev–Trinajstić information content (AvgIpc) is 3.58. The van der Waals surface area contributed by atoms with E-state index in [0.717, 1.165) is 50.9 Å². The van der Waals surface area contributed by atoms with Gasteiger partial charge < -0.3 is 14.6 Å². The second-order valence-electron chi connectivity index (χ2n) is 9.40. The third-order valence-corrected chi connectivity index (χ3v) is 7.78. The second-order valence-corrected chi connectivity index (χ2v) is 9.40. The summed E-state index contributed by atoms with van der Waals surface area (Å²) in [4.78, 5) is 18.8. The number of rotatable bonds is 3. The Bertz CT molecular complexity index is 1130. The zero-order valence-corrected chi connectivity index (χ0v) is 17.5. The van der Waals surface area contributed by atoms with E-state index in [4.69, 9.17) is 4.74 Å². The minimum Gasteiger partial charge on any atom is -0.497 e. The summed E-state index contributed by atoms with van der Waals surface area (Å²) < 4.78 is 5.57. The van der Waals surface area contributed by atoms with E-state index in [1.165, 1.54) is 27.7 Å². The van der Waals surface area contributed by atoms with Crippen LogP contribution >= 0.6 is 0 Å². The zero-order chi connectivity index (χ0) is 20.3. The number of piperidine rings is 1. The number of ether oxygens (including phenoxy) is 1. The summed E-state index contributed by atoms with van der Waals surface area (Å²) in [5.41, 5.74) is 5.46. The molecule has 154 valence electrons. The van der Waals surface area contributed by atoms with Crippen molar-refractivity contribution in [3.63, 3.8) is 0 Å². The van der Waals surface area contributed by atoms with E-state index < -0.39 is 0 Å². The molecule has 2 fully saturated rings. The van der Waals surface area contributed by atoms with Crippen molar-refractivity contribution < 1.29 is 9.53 Å². The number of H-pyrrole nitrogens is 1. The van der Waals surface area contributed by atoms with Crippen molar-refractivity contribution in [1.82, 2.24) is 9.88 Å². The molecular formula is C26H28N2O2. The average molecular weight is 401 g/mol.